The molecule has 0 amide bonds. The van der Waals surface area contributed by atoms with Crippen molar-refractivity contribution in [2.75, 3.05) is 0 Å². The Hall–Kier alpha value is -1.61. The zero-order valence-electron chi connectivity index (χ0n) is 13.7. The first-order valence-electron chi connectivity index (χ1n) is 8.00. The van der Waals surface area contributed by atoms with Crippen molar-refractivity contribution in [3.8, 4) is 0 Å². The van der Waals surface area contributed by atoms with Gasteiger partial charge in [-0.05, 0) is 31.7 Å². The van der Waals surface area contributed by atoms with Gasteiger partial charge in [-0.15, -0.1) is 0 Å². The van der Waals surface area contributed by atoms with Gasteiger partial charge in [-0.2, -0.15) is 5.10 Å². The third-order valence-electron chi connectivity index (χ3n) is 4.07. The number of rotatable bonds is 6. The molecule has 3 nitrogen and oxygen atoms in total. The minimum atomic E-state index is 0.0983. The predicted molar refractivity (Wildman–Crippen MR) is 88.5 cm³/mol. The molecule has 2 rings (SSSR count). The van der Waals surface area contributed by atoms with Gasteiger partial charge in [-0.3, -0.25) is 4.68 Å². The molecule has 0 saturated heterocycles. The van der Waals surface area contributed by atoms with E-state index in [1.807, 2.05) is 0 Å². The highest BCUT2D eigenvalue weighted by atomic mass is 15.3. The van der Waals surface area contributed by atoms with E-state index < -0.39 is 0 Å². The molecule has 3 heteroatoms. The molecule has 0 fully saturated rings. The van der Waals surface area contributed by atoms with Crippen LogP contribution in [0.15, 0.2) is 24.3 Å². The summed E-state index contributed by atoms with van der Waals surface area (Å²) in [6, 6.07) is 8.73. The summed E-state index contributed by atoms with van der Waals surface area (Å²) in [5, 5.41) is 4.83. The molecule has 0 saturated carbocycles. The van der Waals surface area contributed by atoms with E-state index in [0.29, 0.717) is 0 Å². The number of aromatic nitrogens is 2. The van der Waals surface area contributed by atoms with Crippen molar-refractivity contribution < 1.29 is 0 Å². The van der Waals surface area contributed by atoms with Gasteiger partial charge in [-0.25, -0.2) is 0 Å². The summed E-state index contributed by atoms with van der Waals surface area (Å²) in [5.74, 6) is 0. The summed E-state index contributed by atoms with van der Waals surface area (Å²) in [6.07, 6.45) is 2.87. The summed E-state index contributed by atoms with van der Waals surface area (Å²) >= 11 is 0. The Morgan fingerprint density at radius 1 is 1.19 bits per heavy atom. The number of benzene rings is 1. The summed E-state index contributed by atoms with van der Waals surface area (Å²) in [6.45, 7) is 9.44. The molecule has 2 aromatic rings. The third kappa shape index (κ3) is 3.35. The van der Waals surface area contributed by atoms with E-state index in [-0.39, 0.29) is 6.04 Å². The maximum atomic E-state index is 6.32. The first-order valence-corrected chi connectivity index (χ1v) is 8.00. The van der Waals surface area contributed by atoms with Crippen molar-refractivity contribution in [1.82, 2.24) is 9.78 Å². The lowest BCUT2D eigenvalue weighted by molar-refractivity contribution is 0.632. The molecule has 1 aromatic carbocycles. The molecule has 1 aromatic heterocycles. The molecule has 0 aliphatic carbocycles. The van der Waals surface area contributed by atoms with Gasteiger partial charge in [-0.1, -0.05) is 50.6 Å². The maximum absolute atomic E-state index is 6.32. The number of nitrogens with two attached hydrogens (primary N) is 1. The van der Waals surface area contributed by atoms with Crippen LogP contribution < -0.4 is 5.73 Å². The molecule has 0 spiro atoms. The van der Waals surface area contributed by atoms with Crippen LogP contribution >= 0.6 is 0 Å². The van der Waals surface area contributed by atoms with Crippen LogP contribution in [0.3, 0.4) is 0 Å². The monoisotopic (exact) mass is 285 g/mol. The normalized spacial score (nSPS) is 12.6. The first kappa shape index (κ1) is 15.8. The van der Waals surface area contributed by atoms with E-state index >= 15 is 0 Å². The van der Waals surface area contributed by atoms with Gasteiger partial charge in [0, 0.05) is 17.3 Å². The number of hydrogen-bond donors (Lipinski definition) is 1. The standard InChI is InChI=1S/C18H27N3/c1-5-15(19)18-16(6-2)20-21(17(18)7-3)12-14-10-8-9-13(4)11-14/h8-11,15H,5-7,12,19H2,1-4H3. The highest BCUT2D eigenvalue weighted by Crippen LogP contribution is 2.25. The van der Waals surface area contributed by atoms with E-state index in [2.05, 4.69) is 56.6 Å². The Labute approximate surface area is 128 Å². The highest BCUT2D eigenvalue weighted by molar-refractivity contribution is 5.31. The average Bonchev–Trinajstić information content (AvgIpc) is 2.83. The largest absolute Gasteiger partial charge is 0.324 e. The second-order valence-electron chi connectivity index (χ2n) is 5.68. The molecule has 0 aliphatic heterocycles. The SMILES string of the molecule is CCc1nn(Cc2cccc(C)c2)c(CC)c1C(N)CC. The second-order valence-corrected chi connectivity index (χ2v) is 5.68. The Morgan fingerprint density at radius 2 is 1.95 bits per heavy atom. The lowest BCUT2D eigenvalue weighted by atomic mass is 10.00. The second kappa shape index (κ2) is 6.90. The topological polar surface area (TPSA) is 43.8 Å². The molecule has 21 heavy (non-hydrogen) atoms. The van der Waals surface area contributed by atoms with Gasteiger partial charge in [0.05, 0.1) is 12.2 Å². The third-order valence-corrected chi connectivity index (χ3v) is 4.07. The Bertz CT molecular complexity index is 599. The molecule has 1 unspecified atom stereocenters. The molecule has 0 aliphatic rings. The van der Waals surface area contributed by atoms with Crippen LogP contribution in [0.25, 0.3) is 0 Å². The molecule has 1 heterocycles. The van der Waals surface area contributed by atoms with Crippen LogP contribution in [-0.4, -0.2) is 9.78 Å². The quantitative estimate of drug-likeness (QED) is 0.878. The smallest absolute Gasteiger partial charge is 0.0672 e. The van der Waals surface area contributed by atoms with Gasteiger partial charge in [0.25, 0.3) is 0 Å². The van der Waals surface area contributed by atoms with Gasteiger partial charge >= 0.3 is 0 Å². The van der Waals surface area contributed by atoms with Crippen molar-refractivity contribution in [2.45, 2.75) is 59.5 Å². The molecule has 2 N–H and O–H groups in total. The maximum Gasteiger partial charge on any atom is 0.0672 e. The molecular weight excluding hydrogens is 258 g/mol. The van der Waals surface area contributed by atoms with Crippen molar-refractivity contribution >= 4 is 0 Å². The molecule has 0 radical (unpaired) electrons. The van der Waals surface area contributed by atoms with Crippen molar-refractivity contribution in [3.63, 3.8) is 0 Å². The van der Waals surface area contributed by atoms with Crippen LogP contribution in [0.1, 0.15) is 61.3 Å². The Morgan fingerprint density at radius 3 is 2.52 bits per heavy atom. The van der Waals surface area contributed by atoms with Gasteiger partial charge in [0.1, 0.15) is 0 Å². The number of hydrogen-bond acceptors (Lipinski definition) is 2. The van der Waals surface area contributed by atoms with Crippen LogP contribution in [0, 0.1) is 6.92 Å². The number of aryl methyl sites for hydroxylation is 2. The number of nitrogens with zero attached hydrogens (tertiary/aromatic N) is 2. The minimum absolute atomic E-state index is 0.0983. The van der Waals surface area contributed by atoms with E-state index in [1.54, 1.807) is 0 Å². The zero-order valence-corrected chi connectivity index (χ0v) is 13.7. The van der Waals surface area contributed by atoms with Crippen LogP contribution in [0.4, 0.5) is 0 Å². The van der Waals surface area contributed by atoms with Gasteiger partial charge in [0.15, 0.2) is 0 Å². The summed E-state index contributed by atoms with van der Waals surface area (Å²) in [7, 11) is 0. The van der Waals surface area contributed by atoms with Crippen LogP contribution in [0.2, 0.25) is 0 Å². The molecule has 114 valence electrons. The molecule has 0 bridgehead atoms. The van der Waals surface area contributed by atoms with E-state index in [1.165, 1.54) is 22.4 Å². The van der Waals surface area contributed by atoms with E-state index in [9.17, 15) is 0 Å². The average molecular weight is 285 g/mol. The Balaban J connectivity index is 2.41. The van der Waals surface area contributed by atoms with Gasteiger partial charge < -0.3 is 5.73 Å². The fourth-order valence-electron chi connectivity index (χ4n) is 2.95. The highest BCUT2D eigenvalue weighted by Gasteiger charge is 2.19. The van der Waals surface area contributed by atoms with Crippen LogP contribution in [0.5, 0.6) is 0 Å². The molecular formula is C18H27N3. The first-order chi connectivity index (χ1) is 10.1. The van der Waals surface area contributed by atoms with Crippen molar-refractivity contribution in [3.05, 3.63) is 52.3 Å². The zero-order chi connectivity index (χ0) is 15.4. The lowest BCUT2D eigenvalue weighted by Gasteiger charge is -2.13. The van der Waals surface area contributed by atoms with Crippen LogP contribution in [-0.2, 0) is 19.4 Å². The predicted octanol–water partition coefficient (Wildman–Crippen LogP) is 3.77. The Kier molecular flexibility index (Phi) is 5.18. The fourth-order valence-corrected chi connectivity index (χ4v) is 2.95. The van der Waals surface area contributed by atoms with E-state index in [0.717, 1.165) is 31.5 Å². The summed E-state index contributed by atoms with van der Waals surface area (Å²) in [4.78, 5) is 0. The lowest BCUT2D eigenvalue weighted by Crippen LogP contribution is -2.13. The summed E-state index contributed by atoms with van der Waals surface area (Å²) in [5.41, 5.74) is 12.6. The fraction of sp³-hybridized carbons (Fsp3) is 0.500. The minimum Gasteiger partial charge on any atom is -0.324 e. The van der Waals surface area contributed by atoms with Crippen molar-refractivity contribution in [2.24, 2.45) is 5.73 Å². The molecule has 1 atom stereocenters. The summed E-state index contributed by atoms with van der Waals surface area (Å²) < 4.78 is 2.15. The van der Waals surface area contributed by atoms with Crippen molar-refractivity contribution in [1.29, 1.82) is 0 Å². The van der Waals surface area contributed by atoms with Gasteiger partial charge in [0.2, 0.25) is 0 Å². The van der Waals surface area contributed by atoms with E-state index in [4.69, 9.17) is 10.8 Å².